The van der Waals surface area contributed by atoms with Crippen LogP contribution in [0.2, 0.25) is 0 Å². The monoisotopic (exact) mass is 575 g/mol. The number of aryl methyl sites for hydroxylation is 1. The number of amides is 1. The maximum atomic E-state index is 12.9. The van der Waals surface area contributed by atoms with Gasteiger partial charge in [0.1, 0.15) is 12.4 Å². The Morgan fingerprint density at radius 3 is 2.59 bits per heavy atom. The first-order chi connectivity index (χ1) is 18.0. The highest BCUT2D eigenvalue weighted by Crippen LogP contribution is 2.28. The normalized spacial score (nSPS) is 18.2. The van der Waals surface area contributed by atoms with E-state index in [1.807, 2.05) is 37.4 Å². The zero-order valence-corrected chi connectivity index (χ0v) is 24.0. The van der Waals surface area contributed by atoms with E-state index in [-0.39, 0.29) is 36.8 Å². The topological polar surface area (TPSA) is 92.7 Å². The molecule has 2 aliphatic rings. The van der Waals surface area contributed by atoms with Crippen molar-refractivity contribution < 1.29 is 19.4 Å². The molecule has 3 aromatic rings. The molecule has 212 valence electrons. The minimum Gasteiger partial charge on any atom is -0.491 e. The van der Waals surface area contributed by atoms with Crippen molar-refractivity contribution in [1.29, 1.82) is 0 Å². The summed E-state index contributed by atoms with van der Waals surface area (Å²) in [5, 5.41) is 18.2. The van der Waals surface area contributed by atoms with Gasteiger partial charge in [-0.2, -0.15) is 0 Å². The third kappa shape index (κ3) is 8.05. The average molecular weight is 577 g/mol. The van der Waals surface area contributed by atoms with Gasteiger partial charge in [0.25, 0.3) is 5.91 Å². The number of hydrogen-bond acceptors (Lipinski definition) is 6. The molecular formula is C30H39Cl2N3O4. The SMILES string of the molecule is Cc1c(NC(=O)c2ccc(OC[C@@H]3CCCO3)cc2)ccc2cc(CNCC3(O)CCCCC3)cnc12.Cl.Cl. The number of anilines is 1. The molecule has 9 heteroatoms. The number of halogens is 2. The summed E-state index contributed by atoms with van der Waals surface area (Å²) in [6, 6.07) is 13.2. The smallest absolute Gasteiger partial charge is 0.255 e. The molecule has 7 nitrogen and oxygen atoms in total. The van der Waals surface area contributed by atoms with Crippen LogP contribution in [0.15, 0.2) is 48.7 Å². The number of benzene rings is 2. The number of rotatable bonds is 9. The lowest BCUT2D eigenvalue weighted by Crippen LogP contribution is -2.41. The summed E-state index contributed by atoms with van der Waals surface area (Å²) >= 11 is 0. The Morgan fingerprint density at radius 1 is 1.10 bits per heavy atom. The van der Waals surface area contributed by atoms with E-state index in [1.165, 1.54) is 6.42 Å². The van der Waals surface area contributed by atoms with Gasteiger partial charge in [-0.15, -0.1) is 24.8 Å². The Labute approximate surface area is 242 Å². The summed E-state index contributed by atoms with van der Waals surface area (Å²) in [6.45, 7) is 4.59. The fourth-order valence-electron chi connectivity index (χ4n) is 5.31. The number of pyridine rings is 1. The number of carbonyl (C=O) groups excluding carboxylic acids is 1. The second kappa shape index (κ2) is 14.3. The third-order valence-corrected chi connectivity index (χ3v) is 7.55. The highest BCUT2D eigenvalue weighted by atomic mass is 35.5. The van der Waals surface area contributed by atoms with Crippen molar-refractivity contribution in [3.8, 4) is 5.75 Å². The van der Waals surface area contributed by atoms with Gasteiger partial charge in [0.15, 0.2) is 0 Å². The lowest BCUT2D eigenvalue weighted by atomic mass is 9.85. The summed E-state index contributed by atoms with van der Waals surface area (Å²) in [6.07, 6.45) is 9.31. The second-order valence-electron chi connectivity index (χ2n) is 10.5. The molecule has 1 saturated carbocycles. The number of aromatic nitrogens is 1. The maximum absolute atomic E-state index is 12.9. The van der Waals surface area contributed by atoms with Gasteiger partial charge in [-0.25, -0.2) is 0 Å². The van der Waals surface area contributed by atoms with Gasteiger partial charge in [-0.3, -0.25) is 9.78 Å². The Bertz CT molecular complexity index is 1230. The molecule has 2 fully saturated rings. The van der Waals surface area contributed by atoms with Crippen molar-refractivity contribution in [1.82, 2.24) is 10.3 Å². The summed E-state index contributed by atoms with van der Waals surface area (Å²) < 4.78 is 11.4. The number of nitrogens with zero attached hydrogens (tertiary/aromatic N) is 1. The zero-order valence-electron chi connectivity index (χ0n) is 22.4. The molecule has 0 unspecified atom stereocenters. The highest BCUT2D eigenvalue weighted by molar-refractivity contribution is 6.06. The van der Waals surface area contributed by atoms with E-state index >= 15 is 0 Å². The van der Waals surface area contributed by atoms with Gasteiger partial charge >= 0.3 is 0 Å². The molecule has 1 aliphatic heterocycles. The van der Waals surface area contributed by atoms with Gasteiger partial charge in [-0.1, -0.05) is 25.3 Å². The number of aliphatic hydroxyl groups is 1. The van der Waals surface area contributed by atoms with Crippen LogP contribution in [-0.2, 0) is 11.3 Å². The first-order valence-corrected chi connectivity index (χ1v) is 13.5. The van der Waals surface area contributed by atoms with Crippen LogP contribution < -0.4 is 15.4 Å². The van der Waals surface area contributed by atoms with E-state index in [1.54, 1.807) is 12.1 Å². The molecule has 3 N–H and O–H groups in total. The number of fused-ring (bicyclic) bond motifs is 1. The largest absolute Gasteiger partial charge is 0.491 e. The molecule has 0 spiro atoms. The third-order valence-electron chi connectivity index (χ3n) is 7.55. The molecule has 39 heavy (non-hydrogen) atoms. The number of hydrogen-bond donors (Lipinski definition) is 3. The molecule has 1 amide bonds. The Kier molecular flexibility index (Phi) is 11.4. The summed E-state index contributed by atoms with van der Waals surface area (Å²) in [7, 11) is 0. The first-order valence-electron chi connectivity index (χ1n) is 13.5. The Balaban J connectivity index is 0.00000210. The highest BCUT2D eigenvalue weighted by Gasteiger charge is 2.28. The van der Waals surface area contributed by atoms with Crippen LogP contribution in [0, 0.1) is 6.92 Å². The van der Waals surface area contributed by atoms with Crippen molar-refractivity contribution in [3.05, 3.63) is 65.4 Å². The molecule has 5 rings (SSSR count). The van der Waals surface area contributed by atoms with Gasteiger partial charge in [-0.05, 0) is 80.1 Å². The summed E-state index contributed by atoms with van der Waals surface area (Å²) in [4.78, 5) is 17.6. The second-order valence-corrected chi connectivity index (χ2v) is 10.5. The van der Waals surface area contributed by atoms with E-state index in [2.05, 4.69) is 21.7 Å². The zero-order chi connectivity index (χ0) is 25.7. The molecule has 2 heterocycles. The van der Waals surface area contributed by atoms with Crippen LogP contribution in [-0.4, -0.2) is 47.5 Å². The average Bonchev–Trinajstić information content (AvgIpc) is 3.43. The molecule has 1 saturated heterocycles. The maximum Gasteiger partial charge on any atom is 0.255 e. The van der Waals surface area contributed by atoms with E-state index in [4.69, 9.17) is 9.47 Å². The Morgan fingerprint density at radius 2 is 1.87 bits per heavy atom. The van der Waals surface area contributed by atoms with Crippen LogP contribution in [0.5, 0.6) is 5.75 Å². The van der Waals surface area contributed by atoms with Gasteiger partial charge in [0.05, 0.1) is 17.2 Å². The minimum atomic E-state index is -0.579. The number of nitrogens with one attached hydrogen (secondary N) is 2. The quantitative estimate of drug-likeness (QED) is 0.290. The number of ether oxygens (including phenoxy) is 2. The molecule has 1 aromatic heterocycles. The summed E-state index contributed by atoms with van der Waals surface area (Å²) in [5.74, 6) is 0.561. The van der Waals surface area contributed by atoms with Crippen LogP contribution in [0.1, 0.15) is 66.4 Å². The van der Waals surface area contributed by atoms with E-state index in [0.717, 1.165) is 78.6 Å². The van der Waals surface area contributed by atoms with Crippen molar-refractivity contribution in [2.75, 3.05) is 25.1 Å². The fourth-order valence-corrected chi connectivity index (χ4v) is 5.31. The van der Waals surface area contributed by atoms with Crippen molar-refractivity contribution in [2.45, 2.75) is 70.1 Å². The lowest BCUT2D eigenvalue weighted by molar-refractivity contribution is 0.00467. The first kappa shape index (κ1) is 31.1. The predicted octanol–water partition coefficient (Wildman–Crippen LogP) is 5.98. The van der Waals surface area contributed by atoms with Crippen LogP contribution >= 0.6 is 24.8 Å². The molecule has 0 radical (unpaired) electrons. The van der Waals surface area contributed by atoms with E-state index < -0.39 is 5.60 Å². The molecule has 0 bridgehead atoms. The summed E-state index contributed by atoms with van der Waals surface area (Å²) in [5.41, 5.74) is 3.60. The predicted molar refractivity (Wildman–Crippen MR) is 160 cm³/mol. The molecule has 1 atom stereocenters. The number of carbonyl (C=O) groups is 1. The van der Waals surface area contributed by atoms with E-state index in [0.29, 0.717) is 25.3 Å². The van der Waals surface area contributed by atoms with Gasteiger partial charge < -0.3 is 25.2 Å². The van der Waals surface area contributed by atoms with Crippen LogP contribution in [0.3, 0.4) is 0 Å². The van der Waals surface area contributed by atoms with Crippen LogP contribution in [0.25, 0.3) is 10.9 Å². The Hall–Kier alpha value is -2.42. The molecule has 1 aliphatic carbocycles. The van der Waals surface area contributed by atoms with E-state index in [9.17, 15) is 9.90 Å². The standard InChI is InChI=1S/C30H37N3O4.2ClH/c1-21-27(33-29(34)23-7-10-25(11-8-23)37-19-26-6-5-15-36-26)12-9-24-16-22(18-32-28(21)24)17-31-20-30(35)13-3-2-4-14-30;;/h7-12,16,18,26,31,35H,2-6,13-15,17,19-20H2,1H3,(H,33,34);2*1H/t26-;;/m0../s1. The molecule has 2 aromatic carbocycles. The fraction of sp³-hybridized carbons (Fsp3) is 0.467. The van der Waals surface area contributed by atoms with Crippen molar-refractivity contribution in [3.63, 3.8) is 0 Å². The van der Waals surface area contributed by atoms with Crippen molar-refractivity contribution >= 4 is 47.3 Å². The minimum absolute atomic E-state index is 0. The van der Waals surface area contributed by atoms with Crippen LogP contribution in [0.4, 0.5) is 5.69 Å². The van der Waals surface area contributed by atoms with Gasteiger partial charge in [0, 0.05) is 42.5 Å². The van der Waals surface area contributed by atoms with Gasteiger partial charge in [0.2, 0.25) is 0 Å². The lowest BCUT2D eigenvalue weighted by Gasteiger charge is -2.32. The van der Waals surface area contributed by atoms with Crippen molar-refractivity contribution in [2.24, 2.45) is 0 Å². The molecular weight excluding hydrogens is 537 g/mol.